The van der Waals surface area contributed by atoms with Crippen molar-refractivity contribution in [3.05, 3.63) is 0 Å². The molecule has 2 aliphatic heterocycles. The van der Waals surface area contributed by atoms with Crippen molar-refractivity contribution in [2.75, 3.05) is 24.7 Å². The molecule has 2 saturated heterocycles. The lowest BCUT2D eigenvalue weighted by molar-refractivity contribution is -0.137. The molecular formula is C13H23NO3S. The smallest absolute Gasteiger partial charge is 0.303 e. The number of carboxylic acids is 1. The average molecular weight is 273 g/mol. The van der Waals surface area contributed by atoms with E-state index in [2.05, 4.69) is 5.32 Å². The molecular weight excluding hydrogens is 250 g/mol. The summed E-state index contributed by atoms with van der Waals surface area (Å²) in [7, 11) is 0. The van der Waals surface area contributed by atoms with Crippen LogP contribution in [0.1, 0.15) is 38.5 Å². The second kappa shape index (κ2) is 6.78. The van der Waals surface area contributed by atoms with E-state index in [1.54, 1.807) is 0 Å². The molecule has 1 spiro atoms. The first kappa shape index (κ1) is 14.2. The molecule has 104 valence electrons. The fourth-order valence-corrected chi connectivity index (χ4v) is 4.08. The monoisotopic (exact) mass is 273 g/mol. The summed E-state index contributed by atoms with van der Waals surface area (Å²) in [5.74, 6) is 1.72. The molecule has 0 aromatic rings. The first-order valence-corrected chi connectivity index (χ1v) is 8.03. The molecule has 0 amide bonds. The van der Waals surface area contributed by atoms with Gasteiger partial charge in [-0.05, 0) is 50.2 Å². The van der Waals surface area contributed by atoms with Gasteiger partial charge in [-0.15, -0.1) is 0 Å². The summed E-state index contributed by atoms with van der Waals surface area (Å²) < 4.78 is 6.03. The van der Waals surface area contributed by atoms with Crippen LogP contribution in [0, 0.1) is 0 Å². The van der Waals surface area contributed by atoms with E-state index in [0.717, 1.165) is 32.4 Å². The lowest BCUT2D eigenvalue weighted by Crippen LogP contribution is -2.49. The van der Waals surface area contributed by atoms with Crippen molar-refractivity contribution in [1.29, 1.82) is 0 Å². The third-order valence-electron chi connectivity index (χ3n) is 3.90. The van der Waals surface area contributed by atoms with Gasteiger partial charge in [0.2, 0.25) is 0 Å². The predicted molar refractivity (Wildman–Crippen MR) is 73.1 cm³/mol. The maximum Gasteiger partial charge on any atom is 0.303 e. The maximum absolute atomic E-state index is 10.4. The van der Waals surface area contributed by atoms with Gasteiger partial charge in [0.1, 0.15) is 0 Å². The summed E-state index contributed by atoms with van der Waals surface area (Å²) in [5, 5.41) is 12.1. The molecule has 0 aromatic carbocycles. The number of thioether (sulfide) groups is 1. The van der Waals surface area contributed by atoms with Crippen molar-refractivity contribution in [1.82, 2.24) is 5.32 Å². The van der Waals surface area contributed by atoms with Gasteiger partial charge >= 0.3 is 5.97 Å². The van der Waals surface area contributed by atoms with E-state index in [0.29, 0.717) is 6.04 Å². The Hall–Kier alpha value is -0.260. The molecule has 0 bridgehead atoms. The zero-order chi connectivity index (χ0) is 12.8. The molecule has 4 nitrogen and oxygen atoms in total. The van der Waals surface area contributed by atoms with Crippen LogP contribution in [0.5, 0.6) is 0 Å². The highest BCUT2D eigenvalue weighted by atomic mass is 32.2. The molecule has 2 heterocycles. The molecule has 2 rings (SSSR count). The van der Waals surface area contributed by atoms with Crippen molar-refractivity contribution in [3.63, 3.8) is 0 Å². The molecule has 1 atom stereocenters. The predicted octanol–water partition coefficient (Wildman–Crippen LogP) is 1.89. The maximum atomic E-state index is 10.4. The number of hydrogen-bond acceptors (Lipinski definition) is 4. The van der Waals surface area contributed by atoms with Crippen LogP contribution in [0.4, 0.5) is 0 Å². The van der Waals surface area contributed by atoms with E-state index in [9.17, 15) is 4.79 Å². The molecule has 2 N–H and O–H groups in total. The van der Waals surface area contributed by atoms with Crippen LogP contribution in [0.15, 0.2) is 0 Å². The Bertz CT molecular complexity index is 274. The van der Waals surface area contributed by atoms with Crippen molar-refractivity contribution in [3.8, 4) is 0 Å². The highest BCUT2D eigenvalue weighted by Crippen LogP contribution is 2.37. The van der Waals surface area contributed by atoms with Gasteiger partial charge < -0.3 is 15.2 Å². The van der Waals surface area contributed by atoms with Gasteiger partial charge in [-0.1, -0.05) is 0 Å². The molecule has 0 radical (unpaired) electrons. The summed E-state index contributed by atoms with van der Waals surface area (Å²) in [6.07, 6.45) is 5.48. The van der Waals surface area contributed by atoms with Crippen LogP contribution < -0.4 is 5.32 Å². The molecule has 1 unspecified atom stereocenters. The third kappa shape index (κ3) is 4.14. The summed E-state index contributed by atoms with van der Waals surface area (Å²) in [4.78, 5) is 10.4. The summed E-state index contributed by atoms with van der Waals surface area (Å²) in [5.41, 5.74) is 0.119. The summed E-state index contributed by atoms with van der Waals surface area (Å²) in [6.45, 7) is 1.66. The first-order valence-electron chi connectivity index (χ1n) is 6.87. The van der Waals surface area contributed by atoms with Crippen molar-refractivity contribution in [2.45, 2.75) is 50.2 Å². The second-order valence-electron chi connectivity index (χ2n) is 5.28. The molecule has 2 fully saturated rings. The number of rotatable bonds is 5. The minimum atomic E-state index is -0.704. The van der Waals surface area contributed by atoms with Gasteiger partial charge in [0.15, 0.2) is 0 Å². The van der Waals surface area contributed by atoms with Crippen molar-refractivity contribution >= 4 is 17.7 Å². The number of carbonyl (C=O) groups is 1. The van der Waals surface area contributed by atoms with Gasteiger partial charge in [-0.2, -0.15) is 11.8 Å². The molecule has 0 saturated carbocycles. The topological polar surface area (TPSA) is 58.6 Å². The zero-order valence-electron chi connectivity index (χ0n) is 10.8. The first-order chi connectivity index (χ1) is 8.70. The Labute approximate surface area is 113 Å². The van der Waals surface area contributed by atoms with Crippen LogP contribution >= 0.6 is 11.8 Å². The Kier molecular flexibility index (Phi) is 5.33. The van der Waals surface area contributed by atoms with Gasteiger partial charge in [-0.3, -0.25) is 4.79 Å². The Balaban J connectivity index is 1.71. The number of nitrogens with one attached hydrogen (secondary N) is 1. The number of ether oxygens (including phenoxy) is 1. The lowest BCUT2D eigenvalue weighted by Gasteiger charge is -2.43. The standard InChI is InChI=1S/C13H23NO3S/c15-12(16)2-1-6-14-11-3-7-17-13(10-11)4-8-18-9-5-13/h11,14H,1-10H2,(H,15,16). The normalized spacial score (nSPS) is 27.2. The quantitative estimate of drug-likeness (QED) is 0.749. The van der Waals surface area contributed by atoms with Crippen LogP contribution in [0.2, 0.25) is 0 Å². The fourth-order valence-electron chi connectivity index (χ4n) is 2.84. The van der Waals surface area contributed by atoms with Crippen LogP contribution in [-0.2, 0) is 9.53 Å². The van der Waals surface area contributed by atoms with Crippen LogP contribution in [-0.4, -0.2) is 47.4 Å². The minimum Gasteiger partial charge on any atom is -0.481 e. The number of aliphatic carboxylic acids is 1. The van der Waals surface area contributed by atoms with Gasteiger partial charge in [0.25, 0.3) is 0 Å². The van der Waals surface area contributed by atoms with E-state index >= 15 is 0 Å². The third-order valence-corrected chi connectivity index (χ3v) is 4.88. The zero-order valence-corrected chi connectivity index (χ0v) is 11.6. The van der Waals surface area contributed by atoms with Crippen molar-refractivity contribution < 1.29 is 14.6 Å². The largest absolute Gasteiger partial charge is 0.481 e. The van der Waals surface area contributed by atoms with E-state index in [1.807, 2.05) is 11.8 Å². The summed E-state index contributed by atoms with van der Waals surface area (Å²) in [6, 6.07) is 0.510. The van der Waals surface area contributed by atoms with Crippen molar-refractivity contribution in [2.24, 2.45) is 0 Å². The highest BCUT2D eigenvalue weighted by molar-refractivity contribution is 7.99. The second-order valence-corrected chi connectivity index (χ2v) is 6.51. The lowest BCUT2D eigenvalue weighted by atomic mass is 9.85. The Morgan fingerprint density at radius 1 is 1.44 bits per heavy atom. The number of hydrogen-bond donors (Lipinski definition) is 2. The van der Waals surface area contributed by atoms with Gasteiger partial charge in [-0.25, -0.2) is 0 Å². The van der Waals surface area contributed by atoms with E-state index < -0.39 is 5.97 Å². The number of carboxylic acid groups (broad SMARTS) is 1. The average Bonchev–Trinajstić information content (AvgIpc) is 2.36. The molecule has 2 aliphatic rings. The summed E-state index contributed by atoms with van der Waals surface area (Å²) >= 11 is 2.02. The minimum absolute atomic E-state index is 0.119. The van der Waals surface area contributed by atoms with Crippen LogP contribution in [0.3, 0.4) is 0 Å². The van der Waals surface area contributed by atoms with E-state index in [4.69, 9.17) is 9.84 Å². The Morgan fingerprint density at radius 3 is 2.94 bits per heavy atom. The van der Waals surface area contributed by atoms with Gasteiger partial charge in [0.05, 0.1) is 5.60 Å². The van der Waals surface area contributed by atoms with E-state index in [-0.39, 0.29) is 12.0 Å². The fraction of sp³-hybridized carbons (Fsp3) is 0.923. The molecule has 18 heavy (non-hydrogen) atoms. The van der Waals surface area contributed by atoms with Gasteiger partial charge in [0, 0.05) is 19.1 Å². The van der Waals surface area contributed by atoms with Crippen LogP contribution in [0.25, 0.3) is 0 Å². The molecule has 5 heteroatoms. The van der Waals surface area contributed by atoms with E-state index in [1.165, 1.54) is 24.3 Å². The molecule has 0 aromatic heterocycles. The Morgan fingerprint density at radius 2 is 2.22 bits per heavy atom. The molecule has 0 aliphatic carbocycles. The highest BCUT2D eigenvalue weighted by Gasteiger charge is 2.38. The SMILES string of the molecule is O=C(O)CCCNC1CCOC2(CCSCC2)C1.